The summed E-state index contributed by atoms with van der Waals surface area (Å²) >= 11 is 0. The van der Waals surface area contributed by atoms with Crippen molar-refractivity contribution in [2.24, 2.45) is 0 Å². The van der Waals surface area contributed by atoms with Gasteiger partial charge >= 0.3 is 5.97 Å². The maximum atomic E-state index is 13.0. The topological polar surface area (TPSA) is 100 Å². The molecule has 1 N–H and O–H groups in total. The van der Waals surface area contributed by atoms with Crippen molar-refractivity contribution >= 4 is 23.3 Å². The summed E-state index contributed by atoms with van der Waals surface area (Å²) in [4.78, 5) is 36.7. The summed E-state index contributed by atoms with van der Waals surface area (Å²) in [6.07, 6.45) is 0. The molecule has 3 aromatic carbocycles. The summed E-state index contributed by atoms with van der Waals surface area (Å²) in [6, 6.07) is 16.1. The fraction of sp³-hybridized carbons (Fsp3) is 0.160. The van der Waals surface area contributed by atoms with Crippen LogP contribution in [0.15, 0.2) is 66.7 Å². The van der Waals surface area contributed by atoms with Gasteiger partial charge < -0.3 is 24.3 Å². The Hall–Kier alpha value is -4.40. The third kappa shape index (κ3) is 6.32. The molecule has 0 fully saturated rings. The molecule has 0 aromatic heterocycles. The average molecular weight is 467 g/mol. The van der Waals surface area contributed by atoms with E-state index in [1.54, 1.807) is 24.3 Å². The van der Waals surface area contributed by atoms with Gasteiger partial charge in [0.1, 0.15) is 11.6 Å². The monoisotopic (exact) mass is 467 g/mol. The van der Waals surface area contributed by atoms with Crippen LogP contribution in [0.1, 0.15) is 20.7 Å². The Morgan fingerprint density at radius 2 is 1.47 bits per heavy atom. The standard InChI is InChI=1S/C25H22FNO7/c1-31-21-6-4-3-5-19(21)27-24(29)15-33-22-12-9-17(13-23(22)32-2)25(30)34-14-20(28)16-7-10-18(26)11-8-16/h3-13H,14-15H2,1-2H3,(H,27,29). The van der Waals surface area contributed by atoms with Gasteiger partial charge in [-0.2, -0.15) is 0 Å². The minimum Gasteiger partial charge on any atom is -0.495 e. The number of amides is 1. The zero-order valence-corrected chi connectivity index (χ0v) is 18.5. The van der Waals surface area contributed by atoms with Crippen molar-refractivity contribution in [3.8, 4) is 17.2 Å². The zero-order chi connectivity index (χ0) is 24.5. The lowest BCUT2D eigenvalue weighted by Crippen LogP contribution is -2.20. The van der Waals surface area contributed by atoms with Gasteiger partial charge in [-0.25, -0.2) is 9.18 Å². The Morgan fingerprint density at radius 1 is 0.794 bits per heavy atom. The Kier molecular flexibility index (Phi) is 8.17. The molecule has 34 heavy (non-hydrogen) atoms. The first kappa shape index (κ1) is 24.2. The highest BCUT2D eigenvalue weighted by atomic mass is 19.1. The predicted molar refractivity (Wildman–Crippen MR) is 121 cm³/mol. The molecule has 0 aliphatic carbocycles. The normalized spacial score (nSPS) is 10.2. The third-order valence-electron chi connectivity index (χ3n) is 4.64. The molecule has 0 atom stereocenters. The average Bonchev–Trinajstić information content (AvgIpc) is 2.86. The number of hydrogen-bond acceptors (Lipinski definition) is 7. The lowest BCUT2D eigenvalue weighted by Gasteiger charge is -2.13. The van der Waals surface area contributed by atoms with E-state index in [0.717, 1.165) is 12.1 Å². The summed E-state index contributed by atoms with van der Waals surface area (Å²) in [5, 5.41) is 2.69. The number of esters is 1. The first-order valence-corrected chi connectivity index (χ1v) is 10.1. The molecule has 0 saturated carbocycles. The van der Waals surface area contributed by atoms with Crippen LogP contribution in [0.4, 0.5) is 10.1 Å². The number of Topliss-reactive ketones (excluding diaryl/α,β-unsaturated/α-hetero) is 1. The number of hydrogen-bond donors (Lipinski definition) is 1. The van der Waals surface area contributed by atoms with E-state index >= 15 is 0 Å². The molecule has 9 heteroatoms. The Balaban J connectivity index is 1.57. The highest BCUT2D eigenvalue weighted by Gasteiger charge is 2.16. The molecule has 0 bridgehead atoms. The molecule has 0 saturated heterocycles. The maximum Gasteiger partial charge on any atom is 0.338 e. The molecule has 0 radical (unpaired) electrons. The molecule has 176 valence electrons. The van der Waals surface area contributed by atoms with E-state index in [1.165, 1.54) is 44.6 Å². The summed E-state index contributed by atoms with van der Waals surface area (Å²) < 4.78 is 34.0. The van der Waals surface area contributed by atoms with E-state index in [2.05, 4.69) is 5.32 Å². The first-order chi connectivity index (χ1) is 16.4. The second-order valence-corrected chi connectivity index (χ2v) is 6.91. The Labute approximate surface area is 195 Å². The number of anilines is 1. The molecule has 3 aromatic rings. The Morgan fingerprint density at radius 3 is 2.18 bits per heavy atom. The number of ether oxygens (including phenoxy) is 4. The Bertz CT molecular complexity index is 1180. The van der Waals surface area contributed by atoms with E-state index in [9.17, 15) is 18.8 Å². The molecular formula is C25H22FNO7. The lowest BCUT2D eigenvalue weighted by molar-refractivity contribution is -0.118. The molecule has 0 spiro atoms. The van der Waals surface area contributed by atoms with Crippen LogP contribution in [0.5, 0.6) is 17.2 Å². The van der Waals surface area contributed by atoms with Crippen LogP contribution in [0.2, 0.25) is 0 Å². The van der Waals surface area contributed by atoms with E-state index < -0.39 is 30.1 Å². The van der Waals surface area contributed by atoms with Gasteiger partial charge in [0, 0.05) is 5.56 Å². The molecule has 8 nitrogen and oxygen atoms in total. The van der Waals surface area contributed by atoms with Crippen molar-refractivity contribution in [1.82, 2.24) is 0 Å². The molecule has 1 amide bonds. The summed E-state index contributed by atoms with van der Waals surface area (Å²) in [7, 11) is 2.88. The molecular weight excluding hydrogens is 445 g/mol. The second kappa shape index (κ2) is 11.5. The first-order valence-electron chi connectivity index (χ1n) is 10.1. The van der Waals surface area contributed by atoms with Crippen LogP contribution in [0, 0.1) is 5.82 Å². The highest BCUT2D eigenvalue weighted by Crippen LogP contribution is 2.29. The van der Waals surface area contributed by atoms with Crippen molar-refractivity contribution in [3.05, 3.63) is 83.7 Å². The van der Waals surface area contributed by atoms with Gasteiger partial charge in [-0.05, 0) is 54.6 Å². The van der Waals surface area contributed by atoms with Crippen molar-refractivity contribution in [3.63, 3.8) is 0 Å². The number of carbonyl (C=O) groups is 3. The van der Waals surface area contributed by atoms with Crippen LogP contribution in [-0.2, 0) is 9.53 Å². The number of methoxy groups -OCH3 is 2. The van der Waals surface area contributed by atoms with Crippen LogP contribution >= 0.6 is 0 Å². The number of halogens is 1. The number of rotatable bonds is 10. The molecule has 0 aliphatic heterocycles. The van der Waals surface area contributed by atoms with Crippen molar-refractivity contribution in [2.45, 2.75) is 0 Å². The summed E-state index contributed by atoms with van der Waals surface area (Å²) in [5.41, 5.74) is 0.843. The minimum absolute atomic E-state index is 0.120. The van der Waals surface area contributed by atoms with Gasteiger partial charge in [-0.3, -0.25) is 9.59 Å². The van der Waals surface area contributed by atoms with E-state index in [0.29, 0.717) is 11.4 Å². The van der Waals surface area contributed by atoms with Crippen molar-refractivity contribution in [2.75, 3.05) is 32.8 Å². The van der Waals surface area contributed by atoms with Crippen LogP contribution in [0.25, 0.3) is 0 Å². The van der Waals surface area contributed by atoms with Crippen LogP contribution in [0.3, 0.4) is 0 Å². The number of para-hydroxylation sites is 2. The molecule has 0 heterocycles. The van der Waals surface area contributed by atoms with Gasteiger partial charge in [0.05, 0.1) is 25.5 Å². The molecule has 0 unspecified atom stereocenters. The summed E-state index contributed by atoms with van der Waals surface area (Å²) in [5.74, 6) is -1.18. The van der Waals surface area contributed by atoms with Crippen LogP contribution < -0.4 is 19.5 Å². The smallest absolute Gasteiger partial charge is 0.338 e. The number of nitrogens with one attached hydrogen (secondary N) is 1. The van der Waals surface area contributed by atoms with Crippen molar-refractivity contribution < 1.29 is 37.7 Å². The maximum absolute atomic E-state index is 13.0. The highest BCUT2D eigenvalue weighted by molar-refractivity contribution is 5.99. The van der Waals surface area contributed by atoms with E-state index in [4.69, 9.17) is 18.9 Å². The molecule has 0 aliphatic rings. The van der Waals surface area contributed by atoms with E-state index in [1.807, 2.05) is 0 Å². The predicted octanol–water partition coefficient (Wildman–Crippen LogP) is 3.90. The summed E-state index contributed by atoms with van der Waals surface area (Å²) in [6.45, 7) is -0.821. The fourth-order valence-corrected chi connectivity index (χ4v) is 2.92. The number of carbonyl (C=O) groups excluding carboxylic acids is 3. The largest absolute Gasteiger partial charge is 0.495 e. The van der Waals surface area contributed by atoms with Crippen LogP contribution in [-0.4, -0.2) is 45.1 Å². The second-order valence-electron chi connectivity index (χ2n) is 6.91. The van der Waals surface area contributed by atoms with E-state index in [-0.39, 0.29) is 29.2 Å². The van der Waals surface area contributed by atoms with Gasteiger partial charge in [0.2, 0.25) is 0 Å². The quantitative estimate of drug-likeness (QED) is 0.357. The number of ketones is 1. The third-order valence-corrected chi connectivity index (χ3v) is 4.64. The SMILES string of the molecule is COc1ccccc1NC(=O)COc1ccc(C(=O)OCC(=O)c2ccc(F)cc2)cc1OC. The van der Waals surface area contributed by atoms with Gasteiger partial charge in [-0.15, -0.1) is 0 Å². The number of benzene rings is 3. The van der Waals surface area contributed by atoms with Gasteiger partial charge in [0.25, 0.3) is 5.91 Å². The van der Waals surface area contributed by atoms with Crippen molar-refractivity contribution in [1.29, 1.82) is 0 Å². The molecule has 3 rings (SSSR count). The lowest BCUT2D eigenvalue weighted by atomic mass is 10.1. The van der Waals surface area contributed by atoms with Gasteiger partial charge in [-0.1, -0.05) is 12.1 Å². The zero-order valence-electron chi connectivity index (χ0n) is 18.5. The minimum atomic E-state index is -0.755. The van der Waals surface area contributed by atoms with Gasteiger partial charge in [0.15, 0.2) is 30.5 Å². The fourth-order valence-electron chi connectivity index (χ4n) is 2.92.